The predicted octanol–water partition coefficient (Wildman–Crippen LogP) is 1.85. The van der Waals surface area contributed by atoms with Crippen molar-refractivity contribution in [3.8, 4) is 0 Å². The van der Waals surface area contributed by atoms with Gasteiger partial charge >= 0.3 is 0 Å². The van der Waals surface area contributed by atoms with Gasteiger partial charge in [0.2, 0.25) is 0 Å². The number of nitrogens with zero attached hydrogens (tertiary/aromatic N) is 3. The molecule has 0 saturated heterocycles. The molecule has 3 N–H and O–H groups in total. The Morgan fingerprint density at radius 2 is 2.10 bits per heavy atom. The second-order valence-corrected chi connectivity index (χ2v) is 4.30. The van der Waals surface area contributed by atoms with Gasteiger partial charge in [0.1, 0.15) is 5.76 Å². The van der Waals surface area contributed by atoms with Crippen molar-refractivity contribution in [2.24, 2.45) is 20.9 Å². The van der Waals surface area contributed by atoms with Crippen LogP contribution in [0.5, 0.6) is 0 Å². The molecule has 0 fully saturated rings. The summed E-state index contributed by atoms with van der Waals surface area (Å²) in [7, 11) is 1.88. The number of hydrogen-bond donors (Lipinski definition) is 2. The molecule has 0 aliphatic heterocycles. The van der Waals surface area contributed by atoms with Crippen LogP contribution in [0.25, 0.3) is 0 Å². The highest BCUT2D eigenvalue weighted by Crippen LogP contribution is 2.08. The fourth-order valence-electron chi connectivity index (χ4n) is 1.22. The molecule has 0 aromatic rings. The first-order valence-corrected chi connectivity index (χ1v) is 6.44. The summed E-state index contributed by atoms with van der Waals surface area (Å²) in [6, 6.07) is 0.264. The topological polar surface area (TPSA) is 84.4 Å². The van der Waals surface area contributed by atoms with Crippen LogP contribution >= 0.6 is 0 Å². The van der Waals surface area contributed by atoms with E-state index in [0.29, 0.717) is 23.8 Å². The van der Waals surface area contributed by atoms with Crippen LogP contribution in [-0.4, -0.2) is 38.4 Å². The lowest BCUT2D eigenvalue weighted by molar-refractivity contribution is 0.231. The van der Waals surface area contributed by atoms with E-state index in [-0.39, 0.29) is 6.04 Å². The molecule has 6 nitrogen and oxygen atoms in total. The number of nitrogens with two attached hydrogens (primary N) is 1. The molecule has 0 amide bonds. The number of rotatable bonds is 7. The van der Waals surface area contributed by atoms with Crippen LogP contribution in [0.1, 0.15) is 27.7 Å². The standard InChI is InChI=1S/C14H25N5O/c1-7-19-20-11(3)8-13(15)12(4)14(17-6)18-9-10(2)16-5/h7-8,10,16H,6,9,15H2,1-5H3/b11-8+,13-12?,18-14?,19-7+/t10-/m0/s1. The van der Waals surface area contributed by atoms with E-state index in [4.69, 9.17) is 10.6 Å². The lowest BCUT2D eigenvalue weighted by atomic mass is 10.2. The first-order valence-electron chi connectivity index (χ1n) is 6.44. The highest BCUT2D eigenvalue weighted by Gasteiger charge is 2.05. The van der Waals surface area contributed by atoms with Gasteiger partial charge < -0.3 is 15.9 Å². The Bertz CT molecular complexity index is 435. The fourth-order valence-corrected chi connectivity index (χ4v) is 1.22. The summed E-state index contributed by atoms with van der Waals surface area (Å²) in [6.07, 6.45) is 3.24. The molecule has 0 aromatic carbocycles. The van der Waals surface area contributed by atoms with Crippen LogP contribution in [0.4, 0.5) is 0 Å². The van der Waals surface area contributed by atoms with Gasteiger partial charge in [-0.1, -0.05) is 5.16 Å². The molecule has 112 valence electrons. The third-order valence-electron chi connectivity index (χ3n) is 2.59. The van der Waals surface area contributed by atoms with Gasteiger partial charge in [-0.3, -0.25) is 4.99 Å². The van der Waals surface area contributed by atoms with Gasteiger partial charge in [-0.2, -0.15) is 0 Å². The molecule has 0 aliphatic rings. The predicted molar refractivity (Wildman–Crippen MR) is 86.3 cm³/mol. The zero-order valence-corrected chi connectivity index (χ0v) is 13.0. The van der Waals surface area contributed by atoms with E-state index in [2.05, 4.69) is 27.2 Å². The number of allylic oxidation sites excluding steroid dienone is 2. The Hall–Kier alpha value is -1.95. The van der Waals surface area contributed by atoms with Crippen LogP contribution in [-0.2, 0) is 4.84 Å². The van der Waals surface area contributed by atoms with E-state index in [1.54, 1.807) is 26.1 Å². The van der Waals surface area contributed by atoms with Crippen molar-refractivity contribution in [2.45, 2.75) is 33.7 Å². The maximum Gasteiger partial charge on any atom is 0.151 e. The SMILES string of the molecule is C=NC(=NC[C@H](C)NC)C(C)=C(N)/C=C(\C)O/N=C/C. The second kappa shape index (κ2) is 9.91. The summed E-state index contributed by atoms with van der Waals surface area (Å²) < 4.78 is 0. The van der Waals surface area contributed by atoms with Crippen LogP contribution in [0.2, 0.25) is 0 Å². The van der Waals surface area contributed by atoms with Crippen molar-refractivity contribution < 1.29 is 4.84 Å². The number of likely N-dealkylation sites (N-methyl/N-ethyl adjacent to an activating group) is 1. The molecule has 0 rings (SSSR count). The fraction of sp³-hybridized carbons (Fsp3) is 0.500. The molecule has 0 unspecified atom stereocenters. The Morgan fingerprint density at radius 3 is 2.60 bits per heavy atom. The molecule has 0 spiro atoms. The number of hydrogen-bond acceptors (Lipinski definition) is 5. The average Bonchev–Trinajstić information content (AvgIpc) is 2.44. The van der Waals surface area contributed by atoms with E-state index >= 15 is 0 Å². The first-order chi connectivity index (χ1) is 9.46. The molecule has 0 radical (unpaired) electrons. The number of aliphatic imine (C=N–C) groups is 2. The minimum Gasteiger partial charge on any atom is -0.398 e. The zero-order valence-electron chi connectivity index (χ0n) is 13.0. The van der Waals surface area contributed by atoms with E-state index in [0.717, 1.165) is 5.57 Å². The maximum atomic E-state index is 5.99. The summed E-state index contributed by atoms with van der Waals surface area (Å²) in [5, 5.41) is 6.78. The van der Waals surface area contributed by atoms with Gasteiger partial charge in [0.05, 0.1) is 6.54 Å². The van der Waals surface area contributed by atoms with E-state index in [1.807, 2.05) is 20.9 Å². The molecule has 0 aliphatic carbocycles. The monoisotopic (exact) mass is 279 g/mol. The third-order valence-corrected chi connectivity index (χ3v) is 2.59. The summed E-state index contributed by atoms with van der Waals surface area (Å²) in [6.45, 7) is 11.6. The van der Waals surface area contributed by atoms with Crippen LogP contribution in [0.15, 0.2) is 38.2 Å². The van der Waals surface area contributed by atoms with Crippen molar-refractivity contribution in [3.63, 3.8) is 0 Å². The number of oxime groups is 1. The van der Waals surface area contributed by atoms with Crippen LogP contribution in [0, 0.1) is 0 Å². The normalized spacial score (nSPS) is 16.1. The lowest BCUT2D eigenvalue weighted by Gasteiger charge is -2.08. The second-order valence-electron chi connectivity index (χ2n) is 4.30. The van der Waals surface area contributed by atoms with Crippen molar-refractivity contribution in [1.29, 1.82) is 0 Å². The molecule has 20 heavy (non-hydrogen) atoms. The Labute approximate surface area is 121 Å². The summed E-state index contributed by atoms with van der Waals surface area (Å²) >= 11 is 0. The highest BCUT2D eigenvalue weighted by atomic mass is 16.6. The molecular weight excluding hydrogens is 254 g/mol. The van der Waals surface area contributed by atoms with E-state index in [9.17, 15) is 0 Å². The average molecular weight is 279 g/mol. The summed E-state index contributed by atoms with van der Waals surface area (Å²) in [4.78, 5) is 13.4. The Balaban J connectivity index is 5.08. The first kappa shape index (κ1) is 18.0. The molecule has 6 heteroatoms. The highest BCUT2D eigenvalue weighted by molar-refractivity contribution is 6.01. The zero-order chi connectivity index (χ0) is 15.5. The Morgan fingerprint density at radius 1 is 1.45 bits per heavy atom. The molecule has 0 aromatic heterocycles. The minimum absolute atomic E-state index is 0.264. The van der Waals surface area contributed by atoms with Crippen molar-refractivity contribution in [2.75, 3.05) is 13.6 Å². The molecular formula is C14H25N5O. The van der Waals surface area contributed by atoms with Gasteiger partial charge in [-0.15, -0.1) is 0 Å². The maximum absolute atomic E-state index is 5.99. The van der Waals surface area contributed by atoms with Crippen molar-refractivity contribution in [3.05, 3.63) is 23.1 Å². The van der Waals surface area contributed by atoms with Gasteiger partial charge in [0.15, 0.2) is 5.84 Å². The molecule has 0 bridgehead atoms. The third kappa shape index (κ3) is 6.84. The largest absolute Gasteiger partial charge is 0.398 e. The van der Waals surface area contributed by atoms with Gasteiger partial charge in [0.25, 0.3) is 0 Å². The molecule has 1 atom stereocenters. The summed E-state index contributed by atoms with van der Waals surface area (Å²) in [5.74, 6) is 1.12. The number of amidine groups is 1. The summed E-state index contributed by atoms with van der Waals surface area (Å²) in [5.41, 5.74) is 7.27. The molecule has 0 saturated carbocycles. The van der Waals surface area contributed by atoms with Crippen LogP contribution < -0.4 is 11.1 Å². The molecule has 0 heterocycles. The van der Waals surface area contributed by atoms with Gasteiger partial charge in [-0.25, -0.2) is 4.99 Å². The number of nitrogens with one attached hydrogen (secondary N) is 1. The smallest absolute Gasteiger partial charge is 0.151 e. The van der Waals surface area contributed by atoms with Crippen molar-refractivity contribution >= 4 is 18.8 Å². The van der Waals surface area contributed by atoms with E-state index < -0.39 is 0 Å². The quantitative estimate of drug-likeness (QED) is 0.245. The van der Waals surface area contributed by atoms with E-state index in [1.165, 1.54) is 0 Å². The van der Waals surface area contributed by atoms with Gasteiger partial charge in [-0.05, 0) is 41.5 Å². The lowest BCUT2D eigenvalue weighted by Crippen LogP contribution is -2.24. The minimum atomic E-state index is 0.264. The van der Waals surface area contributed by atoms with Crippen molar-refractivity contribution in [1.82, 2.24) is 5.32 Å². The van der Waals surface area contributed by atoms with Gasteiger partial charge in [0, 0.05) is 29.6 Å². The Kier molecular flexibility index (Phi) is 8.95. The van der Waals surface area contributed by atoms with Crippen LogP contribution in [0.3, 0.4) is 0 Å².